The van der Waals surface area contributed by atoms with Crippen LogP contribution in [0, 0.1) is 0 Å². The molecule has 1 aromatic heterocycles. The minimum atomic E-state index is -0.461. The van der Waals surface area contributed by atoms with Gasteiger partial charge in [0.05, 0.1) is 18.7 Å². The predicted molar refractivity (Wildman–Crippen MR) is 93.1 cm³/mol. The molecule has 0 saturated heterocycles. The van der Waals surface area contributed by atoms with Crippen molar-refractivity contribution in [2.45, 2.75) is 13.0 Å². The van der Waals surface area contributed by atoms with Crippen LogP contribution in [-0.2, 0) is 4.79 Å². The summed E-state index contributed by atoms with van der Waals surface area (Å²) in [4.78, 5) is 25.4. The molecule has 24 heavy (non-hydrogen) atoms. The number of rotatable bonds is 4. The van der Waals surface area contributed by atoms with Gasteiger partial charge >= 0.3 is 6.03 Å². The lowest BCUT2D eigenvalue weighted by atomic mass is 10.0. The van der Waals surface area contributed by atoms with E-state index in [0.717, 1.165) is 4.88 Å². The predicted octanol–water partition coefficient (Wildman–Crippen LogP) is 3.02. The van der Waals surface area contributed by atoms with Crippen molar-refractivity contribution in [3.05, 3.63) is 57.9 Å². The van der Waals surface area contributed by atoms with Gasteiger partial charge in [-0.1, -0.05) is 6.07 Å². The van der Waals surface area contributed by atoms with Crippen LogP contribution in [0.25, 0.3) is 0 Å². The maximum Gasteiger partial charge on any atom is 0.319 e. The standard InChI is InChI=1S/C17H17N3O3S/c1-10-14(15(20-17(22)18-10)13-4-3-9-24-13)16(21)19-11-5-7-12(23-2)8-6-11/h3-9,15H,1-2H3,(H,19,21)(H2,18,20,22)/t15-/m0/s1. The number of carbonyl (C=O) groups is 2. The van der Waals surface area contributed by atoms with Crippen LogP contribution in [0.5, 0.6) is 5.75 Å². The van der Waals surface area contributed by atoms with Crippen LogP contribution in [0.2, 0.25) is 0 Å². The maximum absolute atomic E-state index is 12.8. The summed E-state index contributed by atoms with van der Waals surface area (Å²) in [6.45, 7) is 1.72. The van der Waals surface area contributed by atoms with Crippen molar-refractivity contribution < 1.29 is 14.3 Å². The van der Waals surface area contributed by atoms with Crippen LogP contribution >= 0.6 is 11.3 Å². The number of benzene rings is 1. The molecule has 7 heteroatoms. The quantitative estimate of drug-likeness (QED) is 0.798. The van der Waals surface area contributed by atoms with Crippen LogP contribution in [0.4, 0.5) is 10.5 Å². The third-order valence-electron chi connectivity index (χ3n) is 3.69. The van der Waals surface area contributed by atoms with Gasteiger partial charge in [0.15, 0.2) is 0 Å². The molecule has 0 bridgehead atoms. The highest BCUT2D eigenvalue weighted by Crippen LogP contribution is 2.30. The third kappa shape index (κ3) is 3.26. The number of carbonyl (C=O) groups excluding carboxylic acids is 2. The van der Waals surface area contributed by atoms with Gasteiger partial charge in [-0.3, -0.25) is 4.79 Å². The molecule has 2 heterocycles. The average Bonchev–Trinajstić information content (AvgIpc) is 3.09. The second kappa shape index (κ2) is 6.76. The zero-order chi connectivity index (χ0) is 17.1. The molecule has 0 aliphatic carbocycles. The van der Waals surface area contributed by atoms with Gasteiger partial charge in [0.1, 0.15) is 5.75 Å². The molecule has 3 N–H and O–H groups in total. The first-order valence-corrected chi connectivity index (χ1v) is 8.23. The Bertz CT molecular complexity index is 782. The molecule has 124 valence electrons. The van der Waals surface area contributed by atoms with Crippen LogP contribution < -0.4 is 20.7 Å². The summed E-state index contributed by atoms with van der Waals surface area (Å²) in [7, 11) is 1.59. The fourth-order valence-electron chi connectivity index (χ4n) is 2.54. The fourth-order valence-corrected chi connectivity index (χ4v) is 3.32. The minimum absolute atomic E-state index is 0.261. The maximum atomic E-state index is 12.8. The number of thiophene rings is 1. The Kier molecular flexibility index (Phi) is 4.52. The molecule has 0 saturated carbocycles. The van der Waals surface area contributed by atoms with E-state index in [9.17, 15) is 9.59 Å². The molecule has 0 radical (unpaired) electrons. The molecule has 1 atom stereocenters. The van der Waals surface area contributed by atoms with Gasteiger partial charge in [-0.25, -0.2) is 4.79 Å². The SMILES string of the molecule is COc1ccc(NC(=O)C2=C(C)NC(=O)N[C@H]2c2cccs2)cc1. The number of urea groups is 1. The number of ether oxygens (including phenoxy) is 1. The molecule has 3 rings (SSSR count). The van der Waals surface area contributed by atoms with Crippen LogP contribution in [0.1, 0.15) is 17.8 Å². The third-order valence-corrected chi connectivity index (χ3v) is 4.63. The Labute approximate surface area is 143 Å². The van der Waals surface area contributed by atoms with E-state index < -0.39 is 6.04 Å². The lowest BCUT2D eigenvalue weighted by molar-refractivity contribution is -0.113. The zero-order valence-electron chi connectivity index (χ0n) is 13.3. The van der Waals surface area contributed by atoms with E-state index in [0.29, 0.717) is 22.7 Å². The second-order valence-electron chi connectivity index (χ2n) is 5.27. The molecule has 0 spiro atoms. The zero-order valence-corrected chi connectivity index (χ0v) is 14.1. The second-order valence-corrected chi connectivity index (χ2v) is 6.25. The molecular formula is C17H17N3O3S. The van der Waals surface area contributed by atoms with Gasteiger partial charge in [-0.2, -0.15) is 0 Å². The lowest BCUT2D eigenvalue weighted by Crippen LogP contribution is -2.45. The molecule has 0 fully saturated rings. The van der Waals surface area contributed by atoms with E-state index in [1.807, 2.05) is 17.5 Å². The Morgan fingerprint density at radius 2 is 2.00 bits per heavy atom. The highest BCUT2D eigenvalue weighted by molar-refractivity contribution is 7.10. The summed E-state index contributed by atoms with van der Waals surface area (Å²) in [5, 5.41) is 10.2. The molecule has 1 aromatic carbocycles. The van der Waals surface area contributed by atoms with Crippen molar-refractivity contribution in [3.8, 4) is 5.75 Å². The summed E-state index contributed by atoms with van der Waals surface area (Å²) in [5.41, 5.74) is 1.69. The Hall–Kier alpha value is -2.80. The summed E-state index contributed by atoms with van der Waals surface area (Å²) in [6, 6.07) is 10.1. The van der Waals surface area contributed by atoms with Gasteiger partial charge in [0, 0.05) is 16.3 Å². The number of hydrogen-bond donors (Lipinski definition) is 3. The smallest absolute Gasteiger partial charge is 0.319 e. The summed E-state index contributed by atoms with van der Waals surface area (Å²) in [6.07, 6.45) is 0. The normalized spacial score (nSPS) is 17.1. The number of methoxy groups -OCH3 is 1. The van der Waals surface area contributed by atoms with Gasteiger partial charge in [0.25, 0.3) is 5.91 Å². The Balaban J connectivity index is 1.87. The van der Waals surface area contributed by atoms with E-state index in [4.69, 9.17) is 4.74 Å². The van der Waals surface area contributed by atoms with Crippen molar-refractivity contribution in [1.29, 1.82) is 0 Å². The van der Waals surface area contributed by atoms with E-state index >= 15 is 0 Å². The molecular weight excluding hydrogens is 326 g/mol. The van der Waals surface area contributed by atoms with E-state index in [2.05, 4.69) is 16.0 Å². The van der Waals surface area contributed by atoms with Crippen molar-refractivity contribution in [1.82, 2.24) is 10.6 Å². The highest BCUT2D eigenvalue weighted by atomic mass is 32.1. The summed E-state index contributed by atoms with van der Waals surface area (Å²) in [5.74, 6) is 0.454. The number of nitrogens with one attached hydrogen (secondary N) is 3. The van der Waals surface area contributed by atoms with Crippen molar-refractivity contribution in [2.24, 2.45) is 0 Å². The number of allylic oxidation sites excluding steroid dienone is 1. The highest BCUT2D eigenvalue weighted by Gasteiger charge is 2.31. The van der Waals surface area contributed by atoms with Crippen LogP contribution in [-0.4, -0.2) is 19.0 Å². The van der Waals surface area contributed by atoms with Gasteiger partial charge in [-0.05, 0) is 42.6 Å². The van der Waals surface area contributed by atoms with Gasteiger partial charge < -0.3 is 20.7 Å². The van der Waals surface area contributed by atoms with Gasteiger partial charge in [0.2, 0.25) is 0 Å². The Morgan fingerprint density at radius 3 is 2.62 bits per heavy atom. The molecule has 1 aliphatic heterocycles. The number of hydrogen-bond acceptors (Lipinski definition) is 4. The minimum Gasteiger partial charge on any atom is -0.497 e. The first-order valence-electron chi connectivity index (χ1n) is 7.35. The van der Waals surface area contributed by atoms with Crippen LogP contribution in [0.3, 0.4) is 0 Å². The Morgan fingerprint density at radius 1 is 1.25 bits per heavy atom. The summed E-state index contributed by atoms with van der Waals surface area (Å²) >= 11 is 1.49. The summed E-state index contributed by atoms with van der Waals surface area (Å²) < 4.78 is 5.11. The first-order chi connectivity index (χ1) is 11.6. The van der Waals surface area contributed by atoms with E-state index in [1.165, 1.54) is 11.3 Å². The van der Waals surface area contributed by atoms with Crippen molar-refractivity contribution in [3.63, 3.8) is 0 Å². The molecule has 0 unspecified atom stereocenters. The molecule has 3 amide bonds. The van der Waals surface area contributed by atoms with Crippen LogP contribution in [0.15, 0.2) is 53.0 Å². The monoisotopic (exact) mass is 343 g/mol. The lowest BCUT2D eigenvalue weighted by Gasteiger charge is -2.27. The van der Waals surface area contributed by atoms with Crippen molar-refractivity contribution >= 4 is 29.0 Å². The topological polar surface area (TPSA) is 79.5 Å². The van der Waals surface area contributed by atoms with E-state index in [-0.39, 0.29) is 11.9 Å². The van der Waals surface area contributed by atoms with Gasteiger partial charge in [-0.15, -0.1) is 11.3 Å². The molecule has 6 nitrogen and oxygen atoms in total. The first kappa shape index (κ1) is 16.1. The van der Waals surface area contributed by atoms with Crippen molar-refractivity contribution in [2.75, 3.05) is 12.4 Å². The molecule has 2 aromatic rings. The largest absolute Gasteiger partial charge is 0.497 e. The fraction of sp³-hybridized carbons (Fsp3) is 0.176. The number of anilines is 1. The average molecular weight is 343 g/mol. The molecule has 1 aliphatic rings. The number of amides is 3. The van der Waals surface area contributed by atoms with E-state index in [1.54, 1.807) is 38.3 Å².